The molecule has 1 aromatic carbocycles. The lowest BCUT2D eigenvalue weighted by atomic mass is 10.2. The molecule has 0 unspecified atom stereocenters. The van der Waals surface area contributed by atoms with Gasteiger partial charge in [0, 0.05) is 0 Å². The van der Waals surface area contributed by atoms with Gasteiger partial charge < -0.3 is 5.11 Å². The van der Waals surface area contributed by atoms with Crippen LogP contribution in [0.2, 0.25) is 0 Å². The Hall–Kier alpha value is -1.32. The van der Waals surface area contributed by atoms with Crippen molar-refractivity contribution in [3.05, 3.63) is 42.5 Å². The number of hydrogen-bond acceptors (Lipinski definition) is 3. The Morgan fingerprint density at radius 2 is 2.00 bits per heavy atom. The number of benzene rings is 1. The van der Waals surface area contributed by atoms with E-state index in [4.69, 9.17) is 9.94 Å². The van der Waals surface area contributed by atoms with E-state index in [1.807, 2.05) is 47.5 Å². The summed E-state index contributed by atoms with van der Waals surface area (Å²) in [7, 11) is 0. The first kappa shape index (κ1) is 10.2. The van der Waals surface area contributed by atoms with Crippen molar-refractivity contribution in [2.75, 3.05) is 11.7 Å². The van der Waals surface area contributed by atoms with Crippen LogP contribution in [0.5, 0.6) is 0 Å². The zero-order valence-electron chi connectivity index (χ0n) is 8.71. The first-order valence-electron chi connectivity index (χ1n) is 5.11. The third-order valence-electron chi connectivity index (χ3n) is 2.41. The summed E-state index contributed by atoms with van der Waals surface area (Å²) in [6.45, 7) is 2.06. The van der Waals surface area contributed by atoms with Gasteiger partial charge in [0.2, 0.25) is 0 Å². The number of anilines is 1. The van der Waals surface area contributed by atoms with E-state index < -0.39 is 0 Å². The minimum Gasteiger partial charge on any atom is -0.393 e. The predicted molar refractivity (Wildman–Crippen MR) is 59.5 cm³/mol. The molecule has 1 aliphatic heterocycles. The number of para-hydroxylation sites is 1. The van der Waals surface area contributed by atoms with Crippen LogP contribution in [0.4, 0.5) is 5.69 Å². The van der Waals surface area contributed by atoms with E-state index in [-0.39, 0.29) is 18.8 Å². The highest BCUT2D eigenvalue weighted by Crippen LogP contribution is 2.22. The first-order valence-corrected chi connectivity index (χ1v) is 5.11. The monoisotopic (exact) mass is 205 g/mol. The average molecular weight is 205 g/mol. The van der Waals surface area contributed by atoms with Crippen LogP contribution in [0.25, 0.3) is 0 Å². The molecule has 0 bridgehead atoms. The topological polar surface area (TPSA) is 32.7 Å². The zero-order chi connectivity index (χ0) is 10.7. The molecule has 3 nitrogen and oxygen atoms in total. The smallest absolute Gasteiger partial charge is 0.127 e. The normalized spacial score (nSPS) is 25.6. The molecule has 15 heavy (non-hydrogen) atoms. The minimum absolute atomic E-state index is 0.00650. The molecule has 1 aliphatic rings. The second-order valence-electron chi connectivity index (χ2n) is 3.61. The summed E-state index contributed by atoms with van der Waals surface area (Å²) in [6, 6.07) is 10.1. The van der Waals surface area contributed by atoms with Crippen molar-refractivity contribution in [1.82, 2.24) is 0 Å². The number of hydroxylamine groups is 1. The molecule has 1 heterocycles. The molecule has 1 N–H and O–H groups in total. The average Bonchev–Trinajstić information content (AvgIpc) is 2.31. The van der Waals surface area contributed by atoms with Crippen LogP contribution in [-0.2, 0) is 4.84 Å². The number of rotatable bonds is 2. The first-order chi connectivity index (χ1) is 7.31. The van der Waals surface area contributed by atoms with Gasteiger partial charge in [-0.3, -0.25) is 4.84 Å². The highest BCUT2D eigenvalue weighted by molar-refractivity contribution is 5.45. The van der Waals surface area contributed by atoms with Crippen molar-refractivity contribution < 1.29 is 9.94 Å². The Bertz CT molecular complexity index is 337. The van der Waals surface area contributed by atoms with E-state index in [2.05, 4.69) is 6.92 Å². The Morgan fingerprint density at radius 1 is 1.27 bits per heavy atom. The Labute approximate surface area is 89.5 Å². The Kier molecular flexibility index (Phi) is 3.04. The molecule has 0 saturated carbocycles. The number of nitrogens with zero attached hydrogens (tertiary/aromatic N) is 1. The summed E-state index contributed by atoms with van der Waals surface area (Å²) in [5, 5.41) is 10.9. The largest absolute Gasteiger partial charge is 0.393 e. The number of aliphatic hydroxyl groups is 1. The van der Waals surface area contributed by atoms with Crippen molar-refractivity contribution in [3.8, 4) is 0 Å². The molecule has 0 aliphatic carbocycles. The van der Waals surface area contributed by atoms with Gasteiger partial charge in [0.1, 0.15) is 6.10 Å². The summed E-state index contributed by atoms with van der Waals surface area (Å²) >= 11 is 0. The molecule has 0 spiro atoms. The fourth-order valence-corrected chi connectivity index (χ4v) is 1.61. The van der Waals surface area contributed by atoms with Crippen LogP contribution in [-0.4, -0.2) is 23.9 Å². The molecule has 0 saturated heterocycles. The molecule has 2 rings (SSSR count). The van der Waals surface area contributed by atoms with Gasteiger partial charge >= 0.3 is 0 Å². The summed E-state index contributed by atoms with van der Waals surface area (Å²) in [4.78, 5) is 5.63. The fourth-order valence-electron chi connectivity index (χ4n) is 1.61. The van der Waals surface area contributed by atoms with Crippen molar-refractivity contribution in [1.29, 1.82) is 0 Å². The highest BCUT2D eigenvalue weighted by atomic mass is 16.7. The van der Waals surface area contributed by atoms with E-state index in [9.17, 15) is 0 Å². The van der Waals surface area contributed by atoms with Gasteiger partial charge in [-0.2, -0.15) is 0 Å². The maximum atomic E-state index is 9.04. The summed E-state index contributed by atoms with van der Waals surface area (Å²) in [5.74, 6) is 0. The maximum Gasteiger partial charge on any atom is 0.127 e. The summed E-state index contributed by atoms with van der Waals surface area (Å²) < 4.78 is 0. The van der Waals surface area contributed by atoms with Crippen LogP contribution in [0, 0.1) is 0 Å². The van der Waals surface area contributed by atoms with Crippen molar-refractivity contribution in [2.24, 2.45) is 0 Å². The van der Waals surface area contributed by atoms with Gasteiger partial charge in [-0.25, -0.2) is 5.06 Å². The highest BCUT2D eigenvalue weighted by Gasteiger charge is 2.21. The van der Waals surface area contributed by atoms with Gasteiger partial charge in [0.25, 0.3) is 0 Å². The van der Waals surface area contributed by atoms with Gasteiger partial charge in [-0.1, -0.05) is 30.4 Å². The maximum absolute atomic E-state index is 9.04. The molecular formula is C12H15NO2. The predicted octanol–water partition coefficient (Wildman–Crippen LogP) is 1.74. The van der Waals surface area contributed by atoms with Gasteiger partial charge in [-0.15, -0.1) is 0 Å². The van der Waals surface area contributed by atoms with Crippen LogP contribution >= 0.6 is 0 Å². The second-order valence-corrected chi connectivity index (χ2v) is 3.61. The fraction of sp³-hybridized carbons (Fsp3) is 0.333. The molecule has 80 valence electrons. The molecule has 2 atom stereocenters. The summed E-state index contributed by atoms with van der Waals surface area (Å²) in [6.07, 6.45) is 3.70. The van der Waals surface area contributed by atoms with Crippen LogP contribution < -0.4 is 5.06 Å². The standard InChI is InChI=1S/C12H15NO2/c1-10-7-8-12(9-14)15-13(10)11-5-3-2-4-6-11/h2-8,10,12,14H,9H2,1H3/t10-,12-/m0/s1. The van der Waals surface area contributed by atoms with Crippen LogP contribution in [0.1, 0.15) is 6.92 Å². The van der Waals surface area contributed by atoms with Crippen LogP contribution in [0.3, 0.4) is 0 Å². The number of aliphatic hydroxyl groups excluding tert-OH is 1. The van der Waals surface area contributed by atoms with E-state index in [0.29, 0.717) is 0 Å². The van der Waals surface area contributed by atoms with Gasteiger partial charge in [0.05, 0.1) is 18.3 Å². The third-order valence-corrected chi connectivity index (χ3v) is 2.41. The van der Waals surface area contributed by atoms with E-state index in [0.717, 1.165) is 5.69 Å². The lowest BCUT2D eigenvalue weighted by Crippen LogP contribution is -2.40. The van der Waals surface area contributed by atoms with E-state index >= 15 is 0 Å². The Balaban J connectivity index is 2.19. The molecule has 0 fully saturated rings. The van der Waals surface area contributed by atoms with E-state index in [1.54, 1.807) is 0 Å². The SMILES string of the molecule is C[C@H]1C=C[C@@H](CO)ON1c1ccccc1. The van der Waals surface area contributed by atoms with Crippen molar-refractivity contribution >= 4 is 5.69 Å². The number of hydrogen-bond donors (Lipinski definition) is 1. The molecule has 0 radical (unpaired) electrons. The minimum atomic E-state index is -0.235. The molecule has 1 aromatic rings. The third kappa shape index (κ3) is 2.19. The van der Waals surface area contributed by atoms with Crippen LogP contribution in [0.15, 0.2) is 42.5 Å². The lowest BCUT2D eigenvalue weighted by molar-refractivity contribution is 0.0108. The Morgan fingerprint density at radius 3 is 2.67 bits per heavy atom. The molecule has 0 aromatic heterocycles. The molecule has 0 amide bonds. The lowest BCUT2D eigenvalue weighted by Gasteiger charge is -2.34. The second kappa shape index (κ2) is 4.47. The van der Waals surface area contributed by atoms with Gasteiger partial charge in [-0.05, 0) is 19.1 Å². The van der Waals surface area contributed by atoms with Gasteiger partial charge in [0.15, 0.2) is 0 Å². The molecular weight excluding hydrogens is 190 g/mol. The van der Waals surface area contributed by atoms with Crippen molar-refractivity contribution in [3.63, 3.8) is 0 Å². The zero-order valence-corrected chi connectivity index (χ0v) is 8.71. The quantitative estimate of drug-likeness (QED) is 0.746. The molecule has 3 heteroatoms. The van der Waals surface area contributed by atoms with Crippen molar-refractivity contribution in [2.45, 2.75) is 19.1 Å². The van der Waals surface area contributed by atoms with E-state index in [1.165, 1.54) is 0 Å². The summed E-state index contributed by atoms with van der Waals surface area (Å²) in [5.41, 5.74) is 1.01.